The Morgan fingerprint density at radius 3 is 2.46 bits per heavy atom. The van der Waals surface area contributed by atoms with Gasteiger partial charge in [-0.05, 0) is 19.4 Å². The van der Waals surface area contributed by atoms with Gasteiger partial charge in [0.1, 0.15) is 23.4 Å². The van der Waals surface area contributed by atoms with Crippen LogP contribution in [0, 0.1) is 0 Å². The number of nitrogens with zero attached hydrogens (tertiary/aromatic N) is 1. The van der Waals surface area contributed by atoms with Crippen molar-refractivity contribution in [3.05, 3.63) is 35.9 Å². The lowest BCUT2D eigenvalue weighted by molar-refractivity contribution is -0.160. The summed E-state index contributed by atoms with van der Waals surface area (Å²) in [6.07, 6.45) is -0.946. The molecule has 3 rings (SSSR count). The van der Waals surface area contributed by atoms with Crippen molar-refractivity contribution in [2.45, 2.75) is 42.7 Å². The lowest BCUT2D eigenvalue weighted by Crippen LogP contribution is -2.72. The third kappa shape index (κ3) is 2.52. The summed E-state index contributed by atoms with van der Waals surface area (Å²) in [5, 5.41) is 10.2. The van der Waals surface area contributed by atoms with Crippen LogP contribution in [0.5, 0.6) is 0 Å². The van der Waals surface area contributed by atoms with Gasteiger partial charge < -0.3 is 20.1 Å². The number of hydrogen-bond acceptors (Lipinski definition) is 6. The Morgan fingerprint density at radius 1 is 1.27 bits per heavy atom. The van der Waals surface area contributed by atoms with Gasteiger partial charge in [0.2, 0.25) is 5.91 Å². The first kappa shape index (κ1) is 18.2. The van der Waals surface area contributed by atoms with E-state index in [0.717, 1.165) is 10.5 Å². The highest BCUT2D eigenvalue weighted by atomic mass is 32.2. The summed E-state index contributed by atoms with van der Waals surface area (Å²) in [5.41, 5.74) is 0.727. The maximum absolute atomic E-state index is 12.7. The number of rotatable bonds is 4. The number of carbonyl (C=O) groups is 3. The summed E-state index contributed by atoms with van der Waals surface area (Å²) in [4.78, 5) is 36.5. The van der Waals surface area contributed by atoms with Crippen LogP contribution in [0.15, 0.2) is 30.3 Å². The van der Waals surface area contributed by atoms with E-state index in [0.29, 0.717) is 0 Å². The van der Waals surface area contributed by atoms with Gasteiger partial charge in [-0.1, -0.05) is 30.3 Å². The van der Waals surface area contributed by atoms with E-state index in [1.165, 1.54) is 13.8 Å². The van der Waals surface area contributed by atoms with E-state index >= 15 is 0 Å². The highest BCUT2D eigenvalue weighted by Crippen LogP contribution is 2.45. The van der Waals surface area contributed by atoms with Crippen molar-refractivity contribution in [2.24, 2.45) is 0 Å². The zero-order valence-corrected chi connectivity index (χ0v) is 14.9. The Balaban J connectivity index is 1.72. The number of β-lactam (4-membered cyclic amide) rings is 1. The third-order valence-corrected chi connectivity index (χ3v) is 7.61. The molecule has 1 aromatic rings. The molecule has 2 aliphatic rings. The van der Waals surface area contributed by atoms with Gasteiger partial charge in [-0.15, -0.1) is 0 Å². The second-order valence-electron chi connectivity index (χ2n) is 6.71. The monoisotopic (exact) mass is 382 g/mol. The topological polar surface area (TPSA) is 130 Å². The second-order valence-corrected chi connectivity index (χ2v) is 9.33. The number of alkyl carbamates (subject to hydrolysis) is 1. The first-order chi connectivity index (χ1) is 12.1. The summed E-state index contributed by atoms with van der Waals surface area (Å²) in [6.45, 7) is 2.48. The minimum absolute atomic E-state index is 0.0437. The number of carbonyl (C=O) groups excluding carboxylic acids is 2. The number of sulfone groups is 1. The van der Waals surface area contributed by atoms with Gasteiger partial charge in [0.15, 0.2) is 15.2 Å². The lowest BCUT2D eigenvalue weighted by Gasteiger charge is -2.42. The van der Waals surface area contributed by atoms with Gasteiger partial charge in [0.25, 0.3) is 0 Å². The fraction of sp³-hybridized carbons (Fsp3) is 0.438. The van der Waals surface area contributed by atoms with E-state index in [2.05, 4.69) is 5.32 Å². The Bertz CT molecular complexity index is 866. The van der Waals surface area contributed by atoms with Crippen LogP contribution in [0.3, 0.4) is 0 Å². The summed E-state index contributed by atoms with van der Waals surface area (Å²) >= 11 is 0. The Hall–Kier alpha value is -2.62. The number of nitrogens with one attached hydrogen (secondary N) is 1. The molecule has 2 N–H and O–H groups in total. The van der Waals surface area contributed by atoms with Crippen LogP contribution in [0.4, 0.5) is 4.79 Å². The quantitative estimate of drug-likeness (QED) is 0.707. The fourth-order valence-corrected chi connectivity index (χ4v) is 5.55. The molecule has 2 aliphatic heterocycles. The van der Waals surface area contributed by atoms with Crippen LogP contribution >= 0.6 is 0 Å². The highest BCUT2D eigenvalue weighted by molar-refractivity contribution is 7.94. The smallest absolute Gasteiger partial charge is 0.408 e. The maximum atomic E-state index is 12.7. The lowest BCUT2D eigenvalue weighted by atomic mass is 9.96. The van der Waals surface area contributed by atoms with Crippen molar-refractivity contribution >= 4 is 27.8 Å². The molecule has 0 saturated carbocycles. The van der Waals surface area contributed by atoms with Crippen molar-refractivity contribution in [3.63, 3.8) is 0 Å². The van der Waals surface area contributed by atoms with Gasteiger partial charge in [0.05, 0.1) is 0 Å². The van der Waals surface area contributed by atoms with Gasteiger partial charge in [-0.2, -0.15) is 0 Å². The molecule has 2 heterocycles. The number of carboxylic acid groups (broad SMARTS) is 1. The van der Waals surface area contributed by atoms with Crippen LogP contribution in [-0.2, 0) is 30.8 Å². The molecule has 1 unspecified atom stereocenters. The standard InChI is InChI=1S/C16H18N2O7S/c1-16(2)11(14(20)21)18-12(19)10(13(18)26(16,23)24)17-15(22)25-8-9-6-4-3-5-7-9/h3-7,10-11,13H,8H2,1-2H3,(H,17,22)(H,20,21)/t10?,11-,13+/m0/s1. The van der Waals surface area contributed by atoms with Crippen LogP contribution in [0.1, 0.15) is 19.4 Å². The molecule has 0 aromatic heterocycles. The second kappa shape index (κ2) is 5.97. The number of fused-ring (bicyclic) bond motifs is 1. The van der Waals surface area contributed by atoms with Crippen LogP contribution in [0.25, 0.3) is 0 Å². The predicted octanol–water partition coefficient (Wildman–Crippen LogP) is 0.110. The molecule has 2 saturated heterocycles. The molecule has 2 amide bonds. The number of hydrogen-bond donors (Lipinski definition) is 2. The van der Waals surface area contributed by atoms with Gasteiger partial charge in [-0.25, -0.2) is 18.0 Å². The Labute approximate surface area is 149 Å². The first-order valence-corrected chi connectivity index (χ1v) is 9.39. The molecule has 10 heteroatoms. The van der Waals surface area contributed by atoms with E-state index in [1.807, 2.05) is 0 Å². The molecule has 0 bridgehead atoms. The van der Waals surface area contributed by atoms with Crippen LogP contribution < -0.4 is 5.32 Å². The normalized spacial score (nSPS) is 28.0. The van der Waals surface area contributed by atoms with Crippen molar-refractivity contribution in [3.8, 4) is 0 Å². The van der Waals surface area contributed by atoms with Gasteiger partial charge in [-0.3, -0.25) is 4.79 Å². The molecule has 26 heavy (non-hydrogen) atoms. The van der Waals surface area contributed by atoms with Crippen molar-refractivity contribution < 1.29 is 32.6 Å². The third-order valence-electron chi connectivity index (χ3n) is 4.79. The molecule has 0 aliphatic carbocycles. The molecule has 0 radical (unpaired) electrons. The van der Waals surface area contributed by atoms with Gasteiger partial charge in [0, 0.05) is 0 Å². The fourth-order valence-electron chi connectivity index (χ4n) is 3.33. The van der Waals surface area contributed by atoms with E-state index in [9.17, 15) is 27.9 Å². The van der Waals surface area contributed by atoms with E-state index in [-0.39, 0.29) is 6.61 Å². The molecule has 3 atom stereocenters. The Kier molecular flexibility index (Phi) is 4.18. The van der Waals surface area contributed by atoms with E-state index < -0.39 is 50.0 Å². The van der Waals surface area contributed by atoms with Crippen molar-refractivity contribution in [2.75, 3.05) is 0 Å². The zero-order chi connectivity index (χ0) is 19.3. The summed E-state index contributed by atoms with van der Waals surface area (Å²) < 4.78 is 28.6. The number of benzene rings is 1. The molecular formula is C16H18N2O7S. The van der Waals surface area contributed by atoms with E-state index in [4.69, 9.17) is 4.74 Å². The number of carboxylic acids is 1. The maximum Gasteiger partial charge on any atom is 0.408 e. The summed E-state index contributed by atoms with van der Waals surface area (Å²) in [5.74, 6) is -2.16. The zero-order valence-electron chi connectivity index (χ0n) is 14.1. The number of ether oxygens (including phenoxy) is 1. The largest absolute Gasteiger partial charge is 0.480 e. The van der Waals surface area contributed by atoms with Crippen molar-refractivity contribution in [1.82, 2.24) is 10.2 Å². The molecule has 0 spiro atoms. The molecule has 140 valence electrons. The molecule has 9 nitrogen and oxygen atoms in total. The highest BCUT2D eigenvalue weighted by Gasteiger charge is 2.72. The minimum atomic E-state index is -4.00. The summed E-state index contributed by atoms with van der Waals surface area (Å²) in [6, 6.07) is 5.97. The predicted molar refractivity (Wildman–Crippen MR) is 88.6 cm³/mol. The average molecular weight is 382 g/mol. The molecule has 2 fully saturated rings. The van der Waals surface area contributed by atoms with Crippen molar-refractivity contribution in [1.29, 1.82) is 0 Å². The number of amides is 2. The first-order valence-electron chi connectivity index (χ1n) is 7.84. The SMILES string of the molecule is CC1(C)[C@H](C(=O)O)N2C(=O)C(NC(=O)OCc3ccccc3)[C@H]2S1(=O)=O. The van der Waals surface area contributed by atoms with Crippen LogP contribution in [0.2, 0.25) is 0 Å². The van der Waals surface area contributed by atoms with E-state index in [1.54, 1.807) is 30.3 Å². The minimum Gasteiger partial charge on any atom is -0.480 e. The Morgan fingerprint density at radius 2 is 1.88 bits per heavy atom. The molecule has 1 aromatic carbocycles. The number of aliphatic carboxylic acids is 1. The average Bonchev–Trinajstić information content (AvgIpc) is 2.72. The molecular weight excluding hydrogens is 364 g/mol. The summed E-state index contributed by atoms with van der Waals surface area (Å²) in [7, 11) is -4.00. The van der Waals surface area contributed by atoms with Gasteiger partial charge >= 0.3 is 12.1 Å². The van der Waals surface area contributed by atoms with Crippen LogP contribution in [-0.4, -0.2) is 58.6 Å².